The average molecular weight is 253 g/mol. The van der Waals surface area contributed by atoms with E-state index in [1.54, 1.807) is 17.6 Å². The van der Waals surface area contributed by atoms with Gasteiger partial charge in [-0.1, -0.05) is 6.07 Å². The van der Waals surface area contributed by atoms with Crippen LogP contribution >= 0.6 is 23.1 Å². The molecule has 2 aromatic rings. The summed E-state index contributed by atoms with van der Waals surface area (Å²) in [5.41, 5.74) is 0. The van der Waals surface area contributed by atoms with Gasteiger partial charge in [0.1, 0.15) is 5.76 Å². The van der Waals surface area contributed by atoms with Crippen LogP contribution in [0.15, 0.2) is 44.5 Å². The van der Waals surface area contributed by atoms with Crippen LogP contribution in [0.1, 0.15) is 18.7 Å². The van der Waals surface area contributed by atoms with Crippen molar-refractivity contribution in [2.24, 2.45) is 0 Å². The van der Waals surface area contributed by atoms with Crippen molar-refractivity contribution >= 4 is 23.1 Å². The Morgan fingerprint density at radius 1 is 1.44 bits per heavy atom. The molecule has 2 heterocycles. The second kappa shape index (κ2) is 6.13. The van der Waals surface area contributed by atoms with Crippen molar-refractivity contribution in [3.8, 4) is 0 Å². The molecule has 0 fully saturated rings. The lowest BCUT2D eigenvalue weighted by Gasteiger charge is -2.10. The number of hydrogen-bond donors (Lipinski definition) is 1. The van der Waals surface area contributed by atoms with E-state index < -0.39 is 0 Å². The predicted molar refractivity (Wildman–Crippen MR) is 70.2 cm³/mol. The molecule has 0 aromatic carbocycles. The van der Waals surface area contributed by atoms with E-state index in [2.05, 4.69) is 29.8 Å². The van der Waals surface area contributed by atoms with E-state index in [9.17, 15) is 0 Å². The number of nitrogens with one attached hydrogen (secondary N) is 1. The Labute approximate surface area is 104 Å². The van der Waals surface area contributed by atoms with Crippen LogP contribution in [0.5, 0.6) is 0 Å². The van der Waals surface area contributed by atoms with Gasteiger partial charge in [0.25, 0.3) is 0 Å². The van der Waals surface area contributed by atoms with Gasteiger partial charge in [0.05, 0.1) is 16.5 Å². The molecule has 0 saturated carbocycles. The topological polar surface area (TPSA) is 25.2 Å². The molecule has 0 aliphatic rings. The van der Waals surface area contributed by atoms with Crippen molar-refractivity contribution in [3.05, 3.63) is 41.7 Å². The van der Waals surface area contributed by atoms with E-state index in [4.69, 9.17) is 4.42 Å². The molecule has 0 radical (unpaired) electrons. The Hall–Kier alpha value is -0.710. The second-order valence-electron chi connectivity index (χ2n) is 3.47. The molecule has 86 valence electrons. The van der Waals surface area contributed by atoms with E-state index >= 15 is 0 Å². The fourth-order valence-corrected chi connectivity index (χ4v) is 3.14. The molecule has 16 heavy (non-hydrogen) atoms. The summed E-state index contributed by atoms with van der Waals surface area (Å²) in [6.07, 6.45) is 1.72. The van der Waals surface area contributed by atoms with Crippen LogP contribution in [-0.2, 0) is 0 Å². The Morgan fingerprint density at radius 3 is 3.06 bits per heavy atom. The van der Waals surface area contributed by atoms with Crippen molar-refractivity contribution in [1.29, 1.82) is 0 Å². The molecule has 2 nitrogen and oxygen atoms in total. The lowest BCUT2D eigenvalue weighted by molar-refractivity contribution is 0.438. The third kappa shape index (κ3) is 3.40. The zero-order valence-electron chi connectivity index (χ0n) is 9.18. The number of rotatable bonds is 6. The molecule has 0 aliphatic carbocycles. The molecule has 0 saturated heterocycles. The minimum atomic E-state index is 0.291. The molecular formula is C12H15NOS2. The molecular weight excluding hydrogens is 238 g/mol. The van der Waals surface area contributed by atoms with E-state index in [1.165, 1.54) is 4.21 Å². The van der Waals surface area contributed by atoms with Crippen LogP contribution in [-0.4, -0.2) is 12.3 Å². The summed E-state index contributed by atoms with van der Waals surface area (Å²) in [7, 11) is 0. The van der Waals surface area contributed by atoms with Gasteiger partial charge in [-0.25, -0.2) is 0 Å². The molecule has 1 N–H and O–H groups in total. The molecule has 2 aromatic heterocycles. The maximum atomic E-state index is 5.33. The van der Waals surface area contributed by atoms with Gasteiger partial charge in [0, 0.05) is 12.3 Å². The highest BCUT2D eigenvalue weighted by atomic mass is 32.2. The van der Waals surface area contributed by atoms with Gasteiger partial charge < -0.3 is 9.73 Å². The van der Waals surface area contributed by atoms with E-state index in [-0.39, 0.29) is 0 Å². The normalized spacial score (nSPS) is 12.8. The summed E-state index contributed by atoms with van der Waals surface area (Å²) in [5, 5.41) is 5.55. The molecule has 1 atom stereocenters. The van der Waals surface area contributed by atoms with Crippen molar-refractivity contribution in [1.82, 2.24) is 5.32 Å². The van der Waals surface area contributed by atoms with Crippen molar-refractivity contribution in [2.45, 2.75) is 17.2 Å². The van der Waals surface area contributed by atoms with Crippen LogP contribution < -0.4 is 5.32 Å². The zero-order valence-corrected chi connectivity index (χ0v) is 10.8. The number of furan rings is 1. The summed E-state index contributed by atoms with van der Waals surface area (Å²) in [5.74, 6) is 2.09. The lowest BCUT2D eigenvalue weighted by Crippen LogP contribution is -2.20. The quantitative estimate of drug-likeness (QED) is 0.626. The standard InChI is InChI=1S/C12H15NOS2/c1-10(11-4-2-7-14-11)13-6-9-16-12-5-3-8-15-12/h2-5,7-8,10,13H,6,9H2,1H3. The van der Waals surface area contributed by atoms with Crippen molar-refractivity contribution < 1.29 is 4.42 Å². The molecule has 0 spiro atoms. The highest BCUT2D eigenvalue weighted by molar-refractivity contribution is 8.01. The first-order valence-electron chi connectivity index (χ1n) is 5.29. The molecule has 0 aliphatic heterocycles. The average Bonchev–Trinajstić information content (AvgIpc) is 2.96. The highest BCUT2D eigenvalue weighted by Gasteiger charge is 2.06. The third-order valence-corrected chi connectivity index (χ3v) is 4.39. The maximum absolute atomic E-state index is 5.33. The second-order valence-corrected chi connectivity index (χ2v) is 5.81. The minimum absolute atomic E-state index is 0.291. The Balaban J connectivity index is 1.65. The summed E-state index contributed by atoms with van der Waals surface area (Å²) < 4.78 is 6.71. The maximum Gasteiger partial charge on any atom is 0.120 e. The summed E-state index contributed by atoms with van der Waals surface area (Å²) in [4.78, 5) is 0. The fraction of sp³-hybridized carbons (Fsp3) is 0.333. The van der Waals surface area contributed by atoms with Gasteiger partial charge in [-0.05, 0) is 30.5 Å². The van der Waals surface area contributed by atoms with Gasteiger partial charge in [-0.3, -0.25) is 0 Å². The van der Waals surface area contributed by atoms with Gasteiger partial charge in [-0.2, -0.15) is 0 Å². The monoisotopic (exact) mass is 253 g/mol. The molecule has 2 rings (SSSR count). The Bertz CT molecular complexity index is 383. The number of thioether (sulfide) groups is 1. The van der Waals surface area contributed by atoms with Gasteiger partial charge in [0.15, 0.2) is 0 Å². The van der Waals surface area contributed by atoms with Crippen LogP contribution in [0.25, 0.3) is 0 Å². The van der Waals surface area contributed by atoms with Crippen LogP contribution in [0.4, 0.5) is 0 Å². The first-order valence-corrected chi connectivity index (χ1v) is 7.16. The third-order valence-electron chi connectivity index (χ3n) is 2.26. The SMILES string of the molecule is CC(NCCSc1cccs1)c1ccco1. The lowest BCUT2D eigenvalue weighted by atomic mass is 10.2. The highest BCUT2D eigenvalue weighted by Crippen LogP contribution is 2.22. The minimum Gasteiger partial charge on any atom is -0.468 e. The molecule has 0 bridgehead atoms. The van der Waals surface area contributed by atoms with Gasteiger partial charge >= 0.3 is 0 Å². The van der Waals surface area contributed by atoms with E-state index in [1.807, 2.05) is 23.9 Å². The molecule has 1 unspecified atom stereocenters. The first-order chi connectivity index (χ1) is 7.86. The van der Waals surface area contributed by atoms with Crippen molar-refractivity contribution in [3.63, 3.8) is 0 Å². The smallest absolute Gasteiger partial charge is 0.120 e. The van der Waals surface area contributed by atoms with Crippen LogP contribution in [0, 0.1) is 0 Å². The predicted octanol–water partition coefficient (Wildman–Crippen LogP) is 3.78. The number of thiophene rings is 1. The van der Waals surface area contributed by atoms with Crippen LogP contribution in [0.2, 0.25) is 0 Å². The van der Waals surface area contributed by atoms with Crippen molar-refractivity contribution in [2.75, 3.05) is 12.3 Å². The fourth-order valence-electron chi connectivity index (χ4n) is 1.41. The van der Waals surface area contributed by atoms with Gasteiger partial charge in [0.2, 0.25) is 0 Å². The molecule has 0 amide bonds. The first kappa shape index (κ1) is 11.8. The summed E-state index contributed by atoms with van der Waals surface area (Å²) in [6, 6.07) is 8.47. The van der Waals surface area contributed by atoms with Crippen LogP contribution in [0.3, 0.4) is 0 Å². The zero-order chi connectivity index (χ0) is 11.2. The summed E-state index contributed by atoms with van der Waals surface area (Å²) >= 11 is 3.69. The van der Waals surface area contributed by atoms with E-state index in [0.717, 1.165) is 18.1 Å². The summed E-state index contributed by atoms with van der Waals surface area (Å²) in [6.45, 7) is 3.11. The van der Waals surface area contributed by atoms with E-state index in [0.29, 0.717) is 6.04 Å². The molecule has 4 heteroatoms. The largest absolute Gasteiger partial charge is 0.468 e. The van der Waals surface area contributed by atoms with Gasteiger partial charge in [-0.15, -0.1) is 23.1 Å². The Kier molecular flexibility index (Phi) is 4.51. The Morgan fingerprint density at radius 2 is 2.38 bits per heavy atom. The number of hydrogen-bond acceptors (Lipinski definition) is 4.